The van der Waals surface area contributed by atoms with Gasteiger partial charge in [0.25, 0.3) is 0 Å². The van der Waals surface area contributed by atoms with Crippen molar-refractivity contribution in [2.45, 2.75) is 20.4 Å². The zero-order chi connectivity index (χ0) is 10.0. The fourth-order valence-electron chi connectivity index (χ4n) is 1.11. The summed E-state index contributed by atoms with van der Waals surface area (Å²) in [6.07, 6.45) is 1.36. The molecule has 0 aromatic carbocycles. The van der Waals surface area contributed by atoms with Crippen LogP contribution in [0.25, 0.3) is 0 Å². The number of aromatic carboxylic acids is 1. The van der Waals surface area contributed by atoms with Crippen LogP contribution < -0.4 is 0 Å². The molecule has 0 aliphatic rings. The Balaban J connectivity index is 3.08. The molecule has 13 heavy (non-hydrogen) atoms. The van der Waals surface area contributed by atoms with E-state index < -0.39 is 5.97 Å². The third-order valence-electron chi connectivity index (χ3n) is 1.70. The zero-order valence-electron chi connectivity index (χ0n) is 7.74. The molecule has 1 aromatic heterocycles. The molecule has 0 aliphatic heterocycles. The van der Waals surface area contributed by atoms with Crippen molar-refractivity contribution in [2.24, 2.45) is 0 Å². The van der Waals surface area contributed by atoms with E-state index >= 15 is 0 Å². The summed E-state index contributed by atoms with van der Waals surface area (Å²) in [5.41, 5.74) is 1.11. The molecule has 0 aliphatic carbocycles. The average Bonchev–Trinajstić information content (AvgIpc) is 2.32. The number of aryl methyl sites for hydroxylation is 1. The molecule has 0 atom stereocenters. The summed E-state index contributed by atoms with van der Waals surface area (Å²) in [5, 5.41) is 8.80. The highest BCUT2D eigenvalue weighted by Crippen LogP contribution is 2.07. The first-order chi connectivity index (χ1) is 6.02. The Morgan fingerprint density at radius 3 is 2.85 bits per heavy atom. The van der Waals surface area contributed by atoms with Crippen LogP contribution in [-0.4, -0.2) is 20.6 Å². The molecule has 1 N–H and O–H groups in total. The molecule has 0 amide bonds. The quantitative estimate of drug-likeness (QED) is 0.716. The van der Waals surface area contributed by atoms with Crippen LogP contribution in [0.15, 0.2) is 18.3 Å². The number of allylic oxidation sites excluding steroid dienone is 1. The highest BCUT2D eigenvalue weighted by Gasteiger charge is 2.12. The second kappa shape index (κ2) is 3.43. The molecule has 0 radical (unpaired) electrons. The van der Waals surface area contributed by atoms with Crippen molar-refractivity contribution in [1.29, 1.82) is 0 Å². The van der Waals surface area contributed by atoms with Crippen LogP contribution in [0.2, 0.25) is 0 Å². The number of hydrogen-bond acceptors (Lipinski definition) is 2. The van der Waals surface area contributed by atoms with E-state index in [2.05, 4.69) is 11.6 Å². The van der Waals surface area contributed by atoms with E-state index in [1.165, 1.54) is 6.20 Å². The lowest BCUT2D eigenvalue weighted by Crippen LogP contribution is -2.10. The standard InChI is InChI=1S/C9H12N2O2/c1-6(2)5-11-7(3)10-4-8(11)9(12)13/h4H,1,5H2,2-3H3,(H,12,13). The van der Waals surface area contributed by atoms with E-state index in [9.17, 15) is 4.79 Å². The van der Waals surface area contributed by atoms with Crippen LogP contribution >= 0.6 is 0 Å². The molecular formula is C9H12N2O2. The van der Waals surface area contributed by atoms with Gasteiger partial charge >= 0.3 is 5.97 Å². The van der Waals surface area contributed by atoms with Crippen LogP contribution in [0.5, 0.6) is 0 Å². The van der Waals surface area contributed by atoms with Gasteiger partial charge in [0.1, 0.15) is 11.5 Å². The van der Waals surface area contributed by atoms with Crippen molar-refractivity contribution in [1.82, 2.24) is 9.55 Å². The van der Waals surface area contributed by atoms with Gasteiger partial charge in [-0.3, -0.25) is 0 Å². The number of aromatic nitrogens is 2. The first-order valence-corrected chi connectivity index (χ1v) is 3.92. The number of rotatable bonds is 3. The summed E-state index contributed by atoms with van der Waals surface area (Å²) in [4.78, 5) is 14.7. The lowest BCUT2D eigenvalue weighted by atomic mass is 10.3. The average molecular weight is 180 g/mol. The Hall–Kier alpha value is -1.58. The van der Waals surface area contributed by atoms with Gasteiger partial charge in [-0.05, 0) is 13.8 Å². The first-order valence-electron chi connectivity index (χ1n) is 3.92. The van der Waals surface area contributed by atoms with Crippen molar-refractivity contribution >= 4 is 5.97 Å². The van der Waals surface area contributed by atoms with E-state index in [0.717, 1.165) is 5.57 Å². The maximum atomic E-state index is 10.7. The summed E-state index contributed by atoms with van der Waals surface area (Å²) in [5.74, 6) is -0.262. The van der Waals surface area contributed by atoms with Crippen LogP contribution in [0, 0.1) is 6.92 Å². The van der Waals surface area contributed by atoms with E-state index in [1.54, 1.807) is 11.5 Å². The molecule has 1 aromatic rings. The Kier molecular flexibility index (Phi) is 2.51. The Morgan fingerprint density at radius 1 is 1.77 bits per heavy atom. The molecule has 0 spiro atoms. The predicted molar refractivity (Wildman–Crippen MR) is 48.7 cm³/mol. The van der Waals surface area contributed by atoms with Gasteiger partial charge in [0.2, 0.25) is 0 Å². The van der Waals surface area contributed by atoms with Gasteiger partial charge in [0.15, 0.2) is 0 Å². The van der Waals surface area contributed by atoms with Crippen LogP contribution in [0.3, 0.4) is 0 Å². The second-order valence-corrected chi connectivity index (χ2v) is 3.04. The van der Waals surface area contributed by atoms with Gasteiger partial charge in [0, 0.05) is 6.54 Å². The minimum atomic E-state index is -0.957. The van der Waals surface area contributed by atoms with E-state index in [4.69, 9.17) is 5.11 Å². The highest BCUT2D eigenvalue weighted by atomic mass is 16.4. The van der Waals surface area contributed by atoms with Crippen molar-refractivity contribution in [3.8, 4) is 0 Å². The minimum absolute atomic E-state index is 0.209. The van der Waals surface area contributed by atoms with Gasteiger partial charge in [0.05, 0.1) is 6.20 Å². The highest BCUT2D eigenvalue weighted by molar-refractivity contribution is 5.85. The molecule has 1 heterocycles. The molecule has 4 nitrogen and oxygen atoms in total. The summed E-state index contributed by atoms with van der Waals surface area (Å²) in [7, 11) is 0. The van der Waals surface area contributed by atoms with E-state index in [1.807, 2.05) is 6.92 Å². The van der Waals surface area contributed by atoms with Gasteiger partial charge in [-0.15, -0.1) is 0 Å². The Morgan fingerprint density at radius 2 is 2.38 bits per heavy atom. The van der Waals surface area contributed by atoms with Crippen molar-refractivity contribution in [2.75, 3.05) is 0 Å². The third-order valence-corrected chi connectivity index (χ3v) is 1.70. The van der Waals surface area contributed by atoms with Gasteiger partial charge in [-0.1, -0.05) is 12.2 Å². The lowest BCUT2D eigenvalue weighted by Gasteiger charge is -2.06. The molecular weight excluding hydrogens is 168 g/mol. The van der Waals surface area contributed by atoms with Gasteiger partial charge < -0.3 is 9.67 Å². The Bertz CT molecular complexity index is 352. The lowest BCUT2D eigenvalue weighted by molar-refractivity contribution is 0.0685. The fraction of sp³-hybridized carbons (Fsp3) is 0.333. The molecule has 1 rings (SSSR count). The molecule has 0 unspecified atom stereocenters. The largest absolute Gasteiger partial charge is 0.477 e. The number of carbonyl (C=O) groups is 1. The molecule has 0 saturated carbocycles. The summed E-state index contributed by atoms with van der Waals surface area (Å²) < 4.78 is 1.63. The van der Waals surface area contributed by atoms with Gasteiger partial charge in [-0.2, -0.15) is 0 Å². The number of carboxylic acid groups (broad SMARTS) is 1. The number of hydrogen-bond donors (Lipinski definition) is 1. The monoisotopic (exact) mass is 180 g/mol. The number of carboxylic acids is 1. The smallest absolute Gasteiger partial charge is 0.354 e. The van der Waals surface area contributed by atoms with Gasteiger partial charge in [-0.25, -0.2) is 9.78 Å². The maximum Gasteiger partial charge on any atom is 0.354 e. The van der Waals surface area contributed by atoms with Crippen LogP contribution in [0.1, 0.15) is 23.2 Å². The van der Waals surface area contributed by atoms with Crippen molar-refractivity contribution in [3.63, 3.8) is 0 Å². The summed E-state index contributed by atoms with van der Waals surface area (Å²) >= 11 is 0. The molecule has 0 fully saturated rings. The minimum Gasteiger partial charge on any atom is -0.477 e. The second-order valence-electron chi connectivity index (χ2n) is 3.04. The van der Waals surface area contributed by atoms with E-state index in [-0.39, 0.29) is 5.69 Å². The van der Waals surface area contributed by atoms with Crippen molar-refractivity contribution in [3.05, 3.63) is 29.9 Å². The molecule has 0 bridgehead atoms. The Labute approximate surface area is 76.5 Å². The van der Waals surface area contributed by atoms with E-state index in [0.29, 0.717) is 12.4 Å². The maximum absolute atomic E-state index is 10.7. The fourth-order valence-corrected chi connectivity index (χ4v) is 1.11. The predicted octanol–water partition coefficient (Wildman–Crippen LogP) is 1.47. The molecule has 0 saturated heterocycles. The first kappa shape index (κ1) is 9.51. The summed E-state index contributed by atoms with van der Waals surface area (Å²) in [6.45, 7) is 7.86. The molecule has 70 valence electrons. The SMILES string of the molecule is C=C(C)Cn1c(C(=O)O)cnc1C. The zero-order valence-corrected chi connectivity index (χ0v) is 7.74. The summed E-state index contributed by atoms with van der Waals surface area (Å²) in [6, 6.07) is 0. The number of imidazole rings is 1. The van der Waals surface area contributed by atoms with Crippen LogP contribution in [-0.2, 0) is 6.54 Å². The van der Waals surface area contributed by atoms with Crippen LogP contribution in [0.4, 0.5) is 0 Å². The topological polar surface area (TPSA) is 55.1 Å². The third kappa shape index (κ3) is 1.96. The normalized spacial score (nSPS) is 10.0. The van der Waals surface area contributed by atoms with Crippen molar-refractivity contribution < 1.29 is 9.90 Å². The molecule has 4 heteroatoms. The number of nitrogens with zero attached hydrogens (tertiary/aromatic N) is 2.